The number of ether oxygens (including phenoxy) is 1. The second-order valence-electron chi connectivity index (χ2n) is 4.89. The summed E-state index contributed by atoms with van der Waals surface area (Å²) in [5.74, 6) is -0.188. The van der Waals surface area contributed by atoms with Gasteiger partial charge in [0.25, 0.3) is 5.91 Å². The van der Waals surface area contributed by atoms with Crippen LogP contribution in [-0.4, -0.2) is 41.2 Å². The van der Waals surface area contributed by atoms with Gasteiger partial charge in [0.2, 0.25) is 0 Å². The number of aldehydes is 1. The predicted molar refractivity (Wildman–Crippen MR) is 74.4 cm³/mol. The zero-order valence-electron chi connectivity index (χ0n) is 11.7. The van der Waals surface area contributed by atoms with Crippen LogP contribution < -0.4 is 4.74 Å². The van der Waals surface area contributed by atoms with Gasteiger partial charge >= 0.3 is 5.69 Å². The summed E-state index contributed by atoms with van der Waals surface area (Å²) in [6.45, 7) is 2.95. The van der Waals surface area contributed by atoms with Gasteiger partial charge in [-0.3, -0.25) is 19.7 Å². The van der Waals surface area contributed by atoms with E-state index >= 15 is 0 Å². The molecule has 1 fully saturated rings. The smallest absolute Gasteiger partial charge is 0.311 e. The largest absolute Gasteiger partial charge is 0.474 e. The van der Waals surface area contributed by atoms with Crippen LogP contribution in [0, 0.1) is 10.1 Å². The van der Waals surface area contributed by atoms with Crippen molar-refractivity contribution in [3.63, 3.8) is 0 Å². The lowest BCUT2D eigenvalue weighted by Crippen LogP contribution is -2.38. The first-order valence-electron chi connectivity index (χ1n) is 6.72. The maximum absolute atomic E-state index is 12.1. The molecule has 0 radical (unpaired) electrons. The Morgan fingerprint density at radius 1 is 1.43 bits per heavy atom. The number of benzene rings is 1. The molecule has 7 heteroatoms. The number of hydrogen-bond acceptors (Lipinski definition) is 5. The number of likely N-dealkylation sites (tertiary alicyclic amines) is 1. The van der Waals surface area contributed by atoms with E-state index in [9.17, 15) is 19.7 Å². The van der Waals surface area contributed by atoms with Crippen molar-refractivity contribution in [2.45, 2.75) is 25.9 Å². The first-order chi connectivity index (χ1) is 10.0. The van der Waals surface area contributed by atoms with Gasteiger partial charge in [0.1, 0.15) is 6.29 Å². The zero-order valence-corrected chi connectivity index (χ0v) is 11.7. The van der Waals surface area contributed by atoms with Crippen LogP contribution in [0.2, 0.25) is 0 Å². The van der Waals surface area contributed by atoms with E-state index in [1.165, 1.54) is 12.1 Å². The summed E-state index contributed by atoms with van der Waals surface area (Å²) in [7, 11) is 0. The van der Waals surface area contributed by atoms with Gasteiger partial charge in [-0.05, 0) is 31.9 Å². The maximum atomic E-state index is 12.1. The molecular formula is C14H16N2O5. The average Bonchev–Trinajstić information content (AvgIpc) is 3.00. The van der Waals surface area contributed by atoms with Gasteiger partial charge in [-0.15, -0.1) is 0 Å². The first-order valence-corrected chi connectivity index (χ1v) is 6.72. The zero-order chi connectivity index (χ0) is 15.4. The van der Waals surface area contributed by atoms with Crippen molar-refractivity contribution in [3.8, 4) is 5.75 Å². The van der Waals surface area contributed by atoms with Crippen molar-refractivity contribution >= 4 is 17.9 Å². The van der Waals surface area contributed by atoms with Gasteiger partial charge in [0.05, 0.1) is 4.92 Å². The number of carbonyl (C=O) groups is 2. The van der Waals surface area contributed by atoms with Gasteiger partial charge < -0.3 is 9.64 Å². The lowest BCUT2D eigenvalue weighted by atomic mass is 10.2. The van der Waals surface area contributed by atoms with E-state index in [-0.39, 0.29) is 22.9 Å². The van der Waals surface area contributed by atoms with Crippen LogP contribution >= 0.6 is 0 Å². The molecule has 1 aromatic carbocycles. The summed E-state index contributed by atoms with van der Waals surface area (Å²) < 4.78 is 5.43. The Hall–Kier alpha value is -2.44. The molecule has 1 atom stereocenters. The SMILES string of the molecule is CC(Oc1ccc(C=O)cc1[N+](=O)[O-])C(=O)N1CCCC1. The predicted octanol–water partition coefficient (Wildman–Crippen LogP) is 1.80. The highest BCUT2D eigenvalue weighted by atomic mass is 16.6. The van der Waals surface area contributed by atoms with Crippen molar-refractivity contribution in [1.82, 2.24) is 4.90 Å². The molecule has 1 aromatic rings. The minimum Gasteiger partial charge on any atom is -0.474 e. The third-order valence-electron chi connectivity index (χ3n) is 3.39. The molecule has 0 saturated carbocycles. The van der Waals surface area contributed by atoms with Crippen molar-refractivity contribution in [1.29, 1.82) is 0 Å². The molecule has 21 heavy (non-hydrogen) atoms. The van der Waals surface area contributed by atoms with E-state index in [1.54, 1.807) is 11.8 Å². The topological polar surface area (TPSA) is 89.7 Å². The van der Waals surface area contributed by atoms with Gasteiger partial charge in [-0.2, -0.15) is 0 Å². The number of nitro groups is 1. The van der Waals surface area contributed by atoms with Crippen LogP contribution in [0.15, 0.2) is 18.2 Å². The lowest BCUT2D eigenvalue weighted by molar-refractivity contribution is -0.386. The molecule has 0 aliphatic carbocycles. The molecule has 0 aromatic heterocycles. The van der Waals surface area contributed by atoms with Gasteiger partial charge in [0.15, 0.2) is 11.9 Å². The normalized spacial score (nSPS) is 15.6. The monoisotopic (exact) mass is 292 g/mol. The van der Waals surface area contributed by atoms with Crippen molar-refractivity contribution in [3.05, 3.63) is 33.9 Å². The number of rotatable bonds is 5. The fourth-order valence-electron chi connectivity index (χ4n) is 2.29. The minimum absolute atomic E-state index is 0.00866. The molecule has 0 bridgehead atoms. The molecule has 0 spiro atoms. The Kier molecular flexibility index (Phi) is 4.52. The molecule has 1 heterocycles. The van der Waals surface area contributed by atoms with Crippen LogP contribution in [0.5, 0.6) is 5.75 Å². The summed E-state index contributed by atoms with van der Waals surface area (Å²) >= 11 is 0. The molecule has 1 amide bonds. The van der Waals surface area contributed by atoms with E-state index in [2.05, 4.69) is 0 Å². The fraction of sp³-hybridized carbons (Fsp3) is 0.429. The Morgan fingerprint density at radius 2 is 2.10 bits per heavy atom. The third-order valence-corrected chi connectivity index (χ3v) is 3.39. The van der Waals surface area contributed by atoms with Gasteiger partial charge in [-0.1, -0.05) is 0 Å². The second-order valence-corrected chi connectivity index (χ2v) is 4.89. The van der Waals surface area contributed by atoms with Gasteiger partial charge in [0, 0.05) is 24.7 Å². The second kappa shape index (κ2) is 6.34. The van der Waals surface area contributed by atoms with E-state index in [4.69, 9.17) is 4.74 Å². The molecule has 1 saturated heterocycles. The Balaban J connectivity index is 2.16. The summed E-state index contributed by atoms with van der Waals surface area (Å²) in [6.07, 6.45) is 1.65. The Bertz CT molecular complexity index is 566. The fourth-order valence-corrected chi connectivity index (χ4v) is 2.29. The Labute approximate surface area is 121 Å². The highest BCUT2D eigenvalue weighted by molar-refractivity contribution is 5.81. The molecule has 112 valence electrons. The molecule has 1 aliphatic rings. The third kappa shape index (κ3) is 3.36. The summed E-state index contributed by atoms with van der Waals surface area (Å²) in [6, 6.07) is 3.90. The summed E-state index contributed by atoms with van der Waals surface area (Å²) in [5.41, 5.74) is -0.131. The van der Waals surface area contributed by atoms with Crippen molar-refractivity contribution < 1.29 is 19.2 Å². The number of hydrogen-bond donors (Lipinski definition) is 0. The van der Waals surface area contributed by atoms with E-state index in [1.807, 2.05) is 0 Å². The number of carbonyl (C=O) groups excluding carboxylic acids is 2. The average molecular weight is 292 g/mol. The van der Waals surface area contributed by atoms with Crippen LogP contribution in [0.3, 0.4) is 0 Å². The highest BCUT2D eigenvalue weighted by Crippen LogP contribution is 2.28. The standard InChI is InChI=1S/C14H16N2O5/c1-10(14(18)15-6-2-3-7-15)21-13-5-4-11(9-17)8-12(13)16(19)20/h4-5,8-10H,2-3,6-7H2,1H3. The van der Waals surface area contributed by atoms with Gasteiger partial charge in [-0.25, -0.2) is 0 Å². The molecule has 1 unspecified atom stereocenters. The number of amides is 1. The van der Waals surface area contributed by atoms with Crippen LogP contribution in [0.1, 0.15) is 30.1 Å². The quantitative estimate of drug-likeness (QED) is 0.469. The molecular weight excluding hydrogens is 276 g/mol. The molecule has 0 N–H and O–H groups in total. The first kappa shape index (κ1) is 15.0. The Morgan fingerprint density at radius 3 is 2.67 bits per heavy atom. The van der Waals surface area contributed by atoms with Crippen LogP contribution in [0.4, 0.5) is 5.69 Å². The van der Waals surface area contributed by atoms with Crippen LogP contribution in [-0.2, 0) is 4.79 Å². The van der Waals surface area contributed by atoms with Crippen molar-refractivity contribution in [2.75, 3.05) is 13.1 Å². The minimum atomic E-state index is -0.802. The number of nitrogens with zero attached hydrogens (tertiary/aromatic N) is 2. The molecule has 1 aliphatic heterocycles. The molecule has 7 nitrogen and oxygen atoms in total. The van der Waals surface area contributed by atoms with Crippen molar-refractivity contribution in [2.24, 2.45) is 0 Å². The van der Waals surface area contributed by atoms with E-state index in [0.29, 0.717) is 19.4 Å². The molecule has 2 rings (SSSR count). The maximum Gasteiger partial charge on any atom is 0.311 e. The van der Waals surface area contributed by atoms with E-state index in [0.717, 1.165) is 18.9 Å². The number of nitro benzene ring substituents is 1. The summed E-state index contributed by atoms with van der Waals surface area (Å²) in [4.78, 5) is 34.9. The van der Waals surface area contributed by atoms with Crippen LogP contribution in [0.25, 0.3) is 0 Å². The highest BCUT2D eigenvalue weighted by Gasteiger charge is 2.26. The van der Waals surface area contributed by atoms with E-state index < -0.39 is 11.0 Å². The summed E-state index contributed by atoms with van der Waals surface area (Å²) in [5, 5.41) is 11.0. The lowest BCUT2D eigenvalue weighted by Gasteiger charge is -2.21.